The van der Waals surface area contributed by atoms with Crippen LogP contribution >= 0.6 is 0 Å². The number of carbonyl (C=O) groups excluding carboxylic acids is 1. The summed E-state index contributed by atoms with van der Waals surface area (Å²) in [6.45, 7) is 3.63. The molecule has 0 spiro atoms. The fourth-order valence-corrected chi connectivity index (χ4v) is 1.63. The highest BCUT2D eigenvalue weighted by molar-refractivity contribution is 5.82. The van der Waals surface area contributed by atoms with Crippen molar-refractivity contribution in [2.24, 2.45) is 0 Å². The van der Waals surface area contributed by atoms with Crippen molar-refractivity contribution < 1.29 is 19.1 Å². The van der Waals surface area contributed by atoms with E-state index in [1.165, 1.54) is 30.2 Å². The van der Waals surface area contributed by atoms with Gasteiger partial charge in [0.2, 0.25) is 0 Å². The molecule has 5 nitrogen and oxygen atoms in total. The van der Waals surface area contributed by atoms with Crippen LogP contribution in [0, 0.1) is 5.82 Å². The maximum atomic E-state index is 13.0. The number of carboxylic acid groups (broad SMARTS) is 1. The van der Waals surface area contributed by atoms with E-state index in [1.807, 2.05) is 0 Å². The molecule has 0 saturated carbocycles. The topological polar surface area (TPSA) is 69.6 Å². The van der Waals surface area contributed by atoms with Gasteiger partial charge < -0.3 is 15.3 Å². The molecule has 0 bridgehead atoms. The zero-order valence-electron chi connectivity index (χ0n) is 11.2. The van der Waals surface area contributed by atoms with Gasteiger partial charge >= 0.3 is 12.0 Å². The average Bonchev–Trinajstić information content (AvgIpc) is 2.37. The Labute approximate surface area is 116 Å². The van der Waals surface area contributed by atoms with E-state index in [4.69, 9.17) is 5.11 Å². The fraction of sp³-hybridized carbons (Fsp3) is 0.286. The predicted molar refractivity (Wildman–Crippen MR) is 72.6 cm³/mol. The highest BCUT2D eigenvalue weighted by atomic mass is 19.1. The van der Waals surface area contributed by atoms with Gasteiger partial charge in [0.15, 0.2) is 0 Å². The summed E-state index contributed by atoms with van der Waals surface area (Å²) < 4.78 is 13.0. The molecule has 0 aliphatic heterocycles. The van der Waals surface area contributed by atoms with Crippen LogP contribution in [0.3, 0.4) is 0 Å². The number of halogens is 1. The number of hydrogen-bond acceptors (Lipinski definition) is 2. The van der Waals surface area contributed by atoms with Crippen LogP contribution in [0.25, 0.3) is 0 Å². The number of carboxylic acids is 1. The second-order valence-corrected chi connectivity index (χ2v) is 4.35. The van der Waals surface area contributed by atoms with E-state index in [9.17, 15) is 14.0 Å². The van der Waals surface area contributed by atoms with Crippen molar-refractivity contribution in [2.45, 2.75) is 19.0 Å². The monoisotopic (exact) mass is 280 g/mol. The minimum Gasteiger partial charge on any atom is -0.480 e. The predicted octanol–water partition coefficient (Wildman–Crippen LogP) is 2.00. The van der Waals surface area contributed by atoms with Gasteiger partial charge in [-0.2, -0.15) is 0 Å². The van der Waals surface area contributed by atoms with Gasteiger partial charge in [0.1, 0.15) is 11.9 Å². The first-order valence-corrected chi connectivity index (χ1v) is 6.03. The Kier molecular flexibility index (Phi) is 5.71. The number of hydrogen-bond donors (Lipinski definition) is 2. The first kappa shape index (κ1) is 15.7. The van der Waals surface area contributed by atoms with Crippen molar-refractivity contribution in [1.82, 2.24) is 10.2 Å². The van der Waals surface area contributed by atoms with Crippen LogP contribution < -0.4 is 5.32 Å². The lowest BCUT2D eigenvalue weighted by Crippen LogP contribution is -2.46. The highest BCUT2D eigenvalue weighted by Crippen LogP contribution is 2.06. The van der Waals surface area contributed by atoms with E-state index in [2.05, 4.69) is 11.9 Å². The SMILES string of the molecule is C=CCC(NC(=O)N(C)Cc1cccc(F)c1)C(=O)O. The van der Waals surface area contributed by atoms with Crippen LogP contribution in [0.4, 0.5) is 9.18 Å². The second-order valence-electron chi connectivity index (χ2n) is 4.35. The van der Waals surface area contributed by atoms with Crippen molar-refractivity contribution in [3.05, 3.63) is 48.3 Å². The lowest BCUT2D eigenvalue weighted by Gasteiger charge is -2.21. The summed E-state index contributed by atoms with van der Waals surface area (Å²) in [5, 5.41) is 11.3. The Morgan fingerprint density at radius 1 is 1.55 bits per heavy atom. The van der Waals surface area contributed by atoms with Gasteiger partial charge in [0, 0.05) is 13.6 Å². The molecule has 1 atom stereocenters. The molecule has 0 aromatic heterocycles. The third kappa shape index (κ3) is 4.72. The molecule has 1 aromatic carbocycles. The minimum absolute atomic E-state index is 0.134. The maximum Gasteiger partial charge on any atom is 0.326 e. The second kappa shape index (κ2) is 7.28. The Morgan fingerprint density at radius 2 is 2.25 bits per heavy atom. The molecule has 108 valence electrons. The number of rotatable bonds is 6. The summed E-state index contributed by atoms with van der Waals surface area (Å²) in [7, 11) is 1.51. The number of amides is 2. The Morgan fingerprint density at radius 3 is 2.80 bits per heavy atom. The smallest absolute Gasteiger partial charge is 0.326 e. The van der Waals surface area contributed by atoms with E-state index < -0.39 is 18.0 Å². The molecule has 1 aromatic rings. The molecule has 0 saturated heterocycles. The molecule has 0 aliphatic rings. The third-order valence-electron chi connectivity index (χ3n) is 2.65. The zero-order valence-corrected chi connectivity index (χ0v) is 11.2. The van der Waals surface area contributed by atoms with Crippen LogP contribution in [0.2, 0.25) is 0 Å². The summed E-state index contributed by atoms with van der Waals surface area (Å²) in [6.07, 6.45) is 1.56. The quantitative estimate of drug-likeness (QED) is 0.783. The molecule has 1 rings (SSSR count). The molecular formula is C14H17FN2O3. The van der Waals surface area contributed by atoms with E-state index in [-0.39, 0.29) is 18.8 Å². The summed E-state index contributed by atoms with van der Waals surface area (Å²) in [5.41, 5.74) is 0.623. The van der Waals surface area contributed by atoms with E-state index >= 15 is 0 Å². The van der Waals surface area contributed by atoms with E-state index in [0.717, 1.165) is 0 Å². The Bertz CT molecular complexity index is 505. The van der Waals surface area contributed by atoms with Crippen molar-refractivity contribution in [3.8, 4) is 0 Å². The average molecular weight is 280 g/mol. The molecule has 0 radical (unpaired) electrons. The molecule has 1 unspecified atom stereocenters. The van der Waals surface area contributed by atoms with Gasteiger partial charge in [0.25, 0.3) is 0 Å². The first-order chi connectivity index (χ1) is 9.43. The summed E-state index contributed by atoms with van der Waals surface area (Å²) in [4.78, 5) is 24.1. The number of nitrogens with zero attached hydrogens (tertiary/aromatic N) is 1. The van der Waals surface area contributed by atoms with Crippen LogP contribution in [0.15, 0.2) is 36.9 Å². The molecule has 6 heteroatoms. The van der Waals surface area contributed by atoms with E-state index in [1.54, 1.807) is 12.1 Å². The van der Waals surface area contributed by atoms with Crippen molar-refractivity contribution in [3.63, 3.8) is 0 Å². The number of carbonyl (C=O) groups is 2. The number of aliphatic carboxylic acids is 1. The van der Waals surface area contributed by atoms with Crippen LogP contribution in [0.5, 0.6) is 0 Å². The first-order valence-electron chi connectivity index (χ1n) is 6.03. The number of urea groups is 1. The lowest BCUT2D eigenvalue weighted by molar-refractivity contribution is -0.139. The van der Waals surface area contributed by atoms with Gasteiger partial charge in [-0.25, -0.2) is 14.0 Å². The number of nitrogens with one attached hydrogen (secondary N) is 1. The Balaban J connectivity index is 2.62. The van der Waals surface area contributed by atoms with E-state index in [0.29, 0.717) is 5.56 Å². The van der Waals surface area contributed by atoms with Crippen LogP contribution in [-0.2, 0) is 11.3 Å². The summed E-state index contributed by atoms with van der Waals surface area (Å²) in [5.74, 6) is -1.51. The molecule has 20 heavy (non-hydrogen) atoms. The van der Waals surface area contributed by atoms with Gasteiger partial charge in [-0.05, 0) is 24.1 Å². The van der Waals surface area contributed by atoms with Crippen molar-refractivity contribution in [2.75, 3.05) is 7.05 Å². The molecule has 0 fully saturated rings. The Hall–Kier alpha value is -2.37. The van der Waals surface area contributed by atoms with Crippen LogP contribution in [-0.4, -0.2) is 35.1 Å². The third-order valence-corrected chi connectivity index (χ3v) is 2.65. The zero-order chi connectivity index (χ0) is 15.1. The van der Waals surface area contributed by atoms with Crippen LogP contribution in [0.1, 0.15) is 12.0 Å². The summed E-state index contributed by atoms with van der Waals surface area (Å²) >= 11 is 0. The summed E-state index contributed by atoms with van der Waals surface area (Å²) in [6, 6.07) is 4.31. The standard InChI is InChI=1S/C14H17FN2O3/c1-3-5-12(13(18)19)16-14(20)17(2)9-10-6-4-7-11(15)8-10/h3-4,6-8,12H,1,5,9H2,2H3,(H,16,20)(H,18,19). The molecule has 0 heterocycles. The largest absolute Gasteiger partial charge is 0.480 e. The molecule has 0 aliphatic carbocycles. The van der Waals surface area contributed by atoms with Gasteiger partial charge in [-0.3, -0.25) is 0 Å². The normalized spacial score (nSPS) is 11.5. The van der Waals surface area contributed by atoms with Crippen molar-refractivity contribution >= 4 is 12.0 Å². The van der Waals surface area contributed by atoms with Crippen molar-refractivity contribution in [1.29, 1.82) is 0 Å². The molecule has 2 amide bonds. The molecular weight excluding hydrogens is 263 g/mol. The van der Waals surface area contributed by atoms with Gasteiger partial charge in [-0.1, -0.05) is 18.2 Å². The van der Waals surface area contributed by atoms with Gasteiger partial charge in [0.05, 0.1) is 0 Å². The number of benzene rings is 1. The highest BCUT2D eigenvalue weighted by Gasteiger charge is 2.20. The lowest BCUT2D eigenvalue weighted by atomic mass is 10.2. The fourth-order valence-electron chi connectivity index (χ4n) is 1.63. The molecule has 2 N–H and O–H groups in total. The van der Waals surface area contributed by atoms with Gasteiger partial charge in [-0.15, -0.1) is 6.58 Å². The minimum atomic E-state index is -1.13. The maximum absolute atomic E-state index is 13.0.